The molecular formula is C17H21N5O2. The van der Waals surface area contributed by atoms with Crippen molar-refractivity contribution in [3.63, 3.8) is 0 Å². The third kappa shape index (κ3) is 3.79. The van der Waals surface area contributed by atoms with Gasteiger partial charge >= 0.3 is 5.69 Å². The van der Waals surface area contributed by atoms with Crippen molar-refractivity contribution >= 4 is 17.3 Å². The van der Waals surface area contributed by atoms with Gasteiger partial charge in [0.05, 0.1) is 4.92 Å². The molecule has 1 aliphatic heterocycles. The van der Waals surface area contributed by atoms with Gasteiger partial charge < -0.3 is 10.2 Å². The maximum atomic E-state index is 11.6. The zero-order valence-electron chi connectivity index (χ0n) is 13.5. The molecular weight excluding hydrogens is 306 g/mol. The van der Waals surface area contributed by atoms with E-state index in [-0.39, 0.29) is 16.4 Å². The van der Waals surface area contributed by atoms with E-state index in [1.165, 1.54) is 6.33 Å². The lowest BCUT2D eigenvalue weighted by Gasteiger charge is -2.21. The highest BCUT2D eigenvalue weighted by Crippen LogP contribution is 2.33. The van der Waals surface area contributed by atoms with Crippen molar-refractivity contribution in [1.82, 2.24) is 9.97 Å². The van der Waals surface area contributed by atoms with Crippen LogP contribution in [0.5, 0.6) is 0 Å². The first-order valence-electron chi connectivity index (χ1n) is 8.28. The van der Waals surface area contributed by atoms with Crippen molar-refractivity contribution < 1.29 is 4.92 Å². The first-order valence-corrected chi connectivity index (χ1v) is 8.28. The molecule has 0 spiro atoms. The van der Waals surface area contributed by atoms with Crippen LogP contribution in [0.3, 0.4) is 0 Å². The second-order valence-electron chi connectivity index (χ2n) is 5.89. The monoisotopic (exact) mass is 327 g/mol. The van der Waals surface area contributed by atoms with Crippen LogP contribution in [0.1, 0.15) is 31.2 Å². The van der Waals surface area contributed by atoms with E-state index in [1.54, 1.807) is 0 Å². The highest BCUT2D eigenvalue weighted by atomic mass is 16.6. The first-order chi connectivity index (χ1) is 11.8. The molecule has 2 heterocycles. The van der Waals surface area contributed by atoms with Gasteiger partial charge in [-0.05, 0) is 18.4 Å². The maximum Gasteiger partial charge on any atom is 0.353 e. The lowest BCUT2D eigenvalue weighted by Crippen LogP contribution is -2.26. The fourth-order valence-electron chi connectivity index (χ4n) is 2.96. The third-order valence-electron chi connectivity index (χ3n) is 4.19. The minimum atomic E-state index is -0.381. The summed E-state index contributed by atoms with van der Waals surface area (Å²) in [5, 5.41) is 14.7. The molecule has 3 rings (SSSR count). The van der Waals surface area contributed by atoms with Gasteiger partial charge in [0.25, 0.3) is 0 Å². The molecule has 1 N–H and O–H groups in total. The summed E-state index contributed by atoms with van der Waals surface area (Å²) in [6.45, 7) is 2.09. The molecule has 7 heteroatoms. The average molecular weight is 327 g/mol. The van der Waals surface area contributed by atoms with Crippen molar-refractivity contribution in [2.75, 3.05) is 23.3 Å². The summed E-state index contributed by atoms with van der Waals surface area (Å²) >= 11 is 0. The molecule has 0 radical (unpaired) electrons. The number of hydrogen-bond donors (Lipinski definition) is 1. The lowest BCUT2D eigenvalue weighted by molar-refractivity contribution is -0.383. The predicted molar refractivity (Wildman–Crippen MR) is 93.1 cm³/mol. The van der Waals surface area contributed by atoms with Crippen LogP contribution >= 0.6 is 0 Å². The quantitative estimate of drug-likeness (QED) is 0.669. The van der Waals surface area contributed by atoms with Gasteiger partial charge in [0, 0.05) is 19.6 Å². The van der Waals surface area contributed by atoms with Gasteiger partial charge in [-0.3, -0.25) is 10.1 Å². The highest BCUT2D eigenvalue weighted by molar-refractivity contribution is 5.70. The second kappa shape index (κ2) is 7.72. The SMILES string of the molecule is O=[N+]([O-])c1c(NCc2ccccc2)ncnc1N1CCCCCC1. The van der Waals surface area contributed by atoms with E-state index in [0.29, 0.717) is 12.4 Å². The molecule has 7 nitrogen and oxygen atoms in total. The Morgan fingerprint density at radius 2 is 1.79 bits per heavy atom. The number of hydrogen-bond acceptors (Lipinski definition) is 6. The number of anilines is 2. The second-order valence-corrected chi connectivity index (χ2v) is 5.89. The third-order valence-corrected chi connectivity index (χ3v) is 4.19. The van der Waals surface area contributed by atoms with E-state index < -0.39 is 0 Å². The van der Waals surface area contributed by atoms with E-state index in [9.17, 15) is 10.1 Å². The van der Waals surface area contributed by atoms with Crippen LogP contribution in [0.4, 0.5) is 17.3 Å². The molecule has 0 saturated carbocycles. The summed E-state index contributed by atoms with van der Waals surface area (Å²) < 4.78 is 0. The Morgan fingerprint density at radius 3 is 2.46 bits per heavy atom. The van der Waals surface area contributed by atoms with E-state index in [2.05, 4.69) is 15.3 Å². The molecule has 0 unspecified atom stereocenters. The van der Waals surface area contributed by atoms with Crippen LogP contribution in [-0.4, -0.2) is 28.0 Å². The van der Waals surface area contributed by atoms with Gasteiger partial charge in [-0.2, -0.15) is 0 Å². The lowest BCUT2D eigenvalue weighted by atomic mass is 10.2. The van der Waals surface area contributed by atoms with Crippen LogP contribution in [-0.2, 0) is 6.54 Å². The van der Waals surface area contributed by atoms with Gasteiger partial charge in [-0.15, -0.1) is 0 Å². The zero-order chi connectivity index (χ0) is 16.8. The van der Waals surface area contributed by atoms with Gasteiger partial charge in [0.15, 0.2) is 0 Å². The molecule has 1 saturated heterocycles. The topological polar surface area (TPSA) is 84.2 Å². The number of nitro groups is 1. The van der Waals surface area contributed by atoms with Crippen molar-refractivity contribution in [1.29, 1.82) is 0 Å². The Bertz CT molecular complexity index is 685. The number of rotatable bonds is 5. The van der Waals surface area contributed by atoms with Crippen LogP contribution in [0.25, 0.3) is 0 Å². The highest BCUT2D eigenvalue weighted by Gasteiger charge is 2.27. The Balaban J connectivity index is 1.86. The summed E-state index contributed by atoms with van der Waals surface area (Å²) in [6, 6.07) is 9.75. The van der Waals surface area contributed by atoms with Crippen molar-refractivity contribution in [2.45, 2.75) is 32.2 Å². The van der Waals surface area contributed by atoms with Gasteiger partial charge in [-0.1, -0.05) is 43.2 Å². The van der Waals surface area contributed by atoms with Gasteiger partial charge in [0.1, 0.15) is 6.33 Å². The van der Waals surface area contributed by atoms with Crippen LogP contribution < -0.4 is 10.2 Å². The van der Waals surface area contributed by atoms with Crippen molar-refractivity contribution in [3.05, 3.63) is 52.3 Å². The fourth-order valence-corrected chi connectivity index (χ4v) is 2.96. The summed E-state index contributed by atoms with van der Waals surface area (Å²) in [5.74, 6) is 0.700. The number of benzene rings is 1. The molecule has 0 amide bonds. The summed E-state index contributed by atoms with van der Waals surface area (Å²) in [4.78, 5) is 21.6. The Hall–Kier alpha value is -2.70. The molecule has 0 atom stereocenters. The Morgan fingerprint density at radius 1 is 1.08 bits per heavy atom. The fraction of sp³-hybridized carbons (Fsp3) is 0.412. The average Bonchev–Trinajstić information content (AvgIpc) is 2.89. The van der Waals surface area contributed by atoms with E-state index in [0.717, 1.165) is 44.3 Å². The molecule has 1 aromatic heterocycles. The van der Waals surface area contributed by atoms with Crippen LogP contribution in [0.15, 0.2) is 36.7 Å². The number of aromatic nitrogens is 2. The Labute approximate surface area is 140 Å². The minimum Gasteiger partial charge on any atom is -0.360 e. The van der Waals surface area contributed by atoms with Crippen LogP contribution in [0, 0.1) is 10.1 Å². The summed E-state index contributed by atoms with van der Waals surface area (Å²) in [6.07, 6.45) is 5.80. The van der Waals surface area contributed by atoms with E-state index in [1.807, 2.05) is 35.2 Å². The van der Waals surface area contributed by atoms with Crippen LogP contribution in [0.2, 0.25) is 0 Å². The summed E-state index contributed by atoms with van der Waals surface area (Å²) in [5.41, 5.74) is 1.01. The van der Waals surface area contributed by atoms with Crippen molar-refractivity contribution in [3.8, 4) is 0 Å². The van der Waals surface area contributed by atoms with E-state index in [4.69, 9.17) is 0 Å². The molecule has 0 aliphatic carbocycles. The number of nitrogens with one attached hydrogen (secondary N) is 1. The van der Waals surface area contributed by atoms with Gasteiger partial charge in [0.2, 0.25) is 11.6 Å². The smallest absolute Gasteiger partial charge is 0.353 e. The first kappa shape index (κ1) is 16.2. The molecule has 2 aromatic rings. The molecule has 1 fully saturated rings. The standard InChI is InChI=1S/C17H21N5O2/c23-22(24)15-16(18-12-14-8-4-3-5-9-14)19-13-20-17(15)21-10-6-1-2-7-11-21/h3-5,8-9,13H,1-2,6-7,10-12H2,(H,18,19,20). The number of nitrogens with zero attached hydrogens (tertiary/aromatic N) is 4. The molecule has 1 aromatic carbocycles. The normalized spacial score (nSPS) is 14.9. The Kier molecular flexibility index (Phi) is 5.20. The molecule has 0 bridgehead atoms. The van der Waals surface area contributed by atoms with E-state index >= 15 is 0 Å². The molecule has 1 aliphatic rings. The predicted octanol–water partition coefficient (Wildman–Crippen LogP) is 3.38. The summed E-state index contributed by atoms with van der Waals surface area (Å²) in [7, 11) is 0. The molecule has 126 valence electrons. The minimum absolute atomic E-state index is 0.0321. The maximum absolute atomic E-state index is 11.6. The van der Waals surface area contributed by atoms with Crippen molar-refractivity contribution in [2.24, 2.45) is 0 Å². The zero-order valence-corrected chi connectivity index (χ0v) is 13.5. The molecule has 24 heavy (non-hydrogen) atoms. The largest absolute Gasteiger partial charge is 0.360 e. The van der Waals surface area contributed by atoms with Gasteiger partial charge in [-0.25, -0.2) is 9.97 Å².